The summed E-state index contributed by atoms with van der Waals surface area (Å²) in [5.74, 6) is 1.26. The predicted molar refractivity (Wildman–Crippen MR) is 90.9 cm³/mol. The molecule has 0 saturated carbocycles. The topological polar surface area (TPSA) is 90.6 Å². The van der Waals surface area contributed by atoms with Gasteiger partial charge in [-0.1, -0.05) is 0 Å². The molecule has 9 heteroatoms. The van der Waals surface area contributed by atoms with E-state index < -0.39 is 0 Å². The van der Waals surface area contributed by atoms with Crippen LogP contribution in [-0.2, 0) is 0 Å². The summed E-state index contributed by atoms with van der Waals surface area (Å²) in [5.41, 5.74) is 0.663. The summed E-state index contributed by atoms with van der Waals surface area (Å²) in [7, 11) is 0. The molecule has 0 atom stereocenters. The summed E-state index contributed by atoms with van der Waals surface area (Å²) in [6, 6.07) is 9.01. The number of hydrogen-bond acceptors (Lipinski definition) is 7. The van der Waals surface area contributed by atoms with Crippen molar-refractivity contribution in [2.75, 3.05) is 5.32 Å². The van der Waals surface area contributed by atoms with Crippen LogP contribution in [0.25, 0.3) is 5.95 Å². The first kappa shape index (κ1) is 15.6. The van der Waals surface area contributed by atoms with Crippen molar-refractivity contribution in [2.24, 2.45) is 0 Å². The van der Waals surface area contributed by atoms with Crippen molar-refractivity contribution in [1.29, 1.82) is 0 Å². The van der Waals surface area contributed by atoms with Crippen molar-refractivity contribution >= 4 is 11.6 Å². The number of hydrogen-bond donors (Lipinski definition) is 1. The van der Waals surface area contributed by atoms with Gasteiger partial charge >= 0.3 is 0 Å². The maximum Gasteiger partial charge on any atom is 0.250 e. The van der Waals surface area contributed by atoms with Gasteiger partial charge in [0, 0.05) is 24.7 Å². The molecule has 128 valence electrons. The van der Waals surface area contributed by atoms with Crippen LogP contribution < -0.4 is 10.1 Å². The Morgan fingerprint density at radius 3 is 2.58 bits per heavy atom. The van der Waals surface area contributed by atoms with E-state index in [1.807, 2.05) is 0 Å². The summed E-state index contributed by atoms with van der Waals surface area (Å²) >= 11 is 0. The lowest BCUT2D eigenvalue weighted by Crippen LogP contribution is -2.00. The van der Waals surface area contributed by atoms with E-state index in [4.69, 9.17) is 4.74 Å². The molecule has 0 unspecified atom stereocenters. The molecule has 0 bridgehead atoms. The number of rotatable bonds is 5. The molecule has 0 saturated heterocycles. The number of ether oxygens (including phenoxy) is 1. The molecule has 0 aliphatic rings. The number of nitrogens with zero attached hydrogens (tertiary/aromatic N) is 6. The monoisotopic (exact) mass is 349 g/mol. The van der Waals surface area contributed by atoms with Crippen LogP contribution in [0.3, 0.4) is 0 Å². The van der Waals surface area contributed by atoms with Crippen molar-refractivity contribution in [1.82, 2.24) is 29.7 Å². The molecule has 0 amide bonds. The smallest absolute Gasteiger partial charge is 0.250 e. The van der Waals surface area contributed by atoms with Crippen LogP contribution in [0.15, 0.2) is 67.4 Å². The van der Waals surface area contributed by atoms with Crippen molar-refractivity contribution < 1.29 is 9.13 Å². The highest BCUT2D eigenvalue weighted by Gasteiger charge is 2.06. The third-order valence-electron chi connectivity index (χ3n) is 3.26. The Bertz CT molecular complexity index is 1010. The van der Waals surface area contributed by atoms with Gasteiger partial charge in [-0.25, -0.2) is 24.0 Å². The van der Waals surface area contributed by atoms with Gasteiger partial charge in [0.1, 0.15) is 11.6 Å². The summed E-state index contributed by atoms with van der Waals surface area (Å²) < 4.78 is 20.1. The largest absolute Gasteiger partial charge is 0.439 e. The average molecular weight is 349 g/mol. The second-order valence-electron chi connectivity index (χ2n) is 5.12. The van der Waals surface area contributed by atoms with E-state index in [0.29, 0.717) is 29.2 Å². The molecule has 1 N–H and O–H groups in total. The molecule has 3 aromatic heterocycles. The van der Waals surface area contributed by atoms with Gasteiger partial charge in [-0.05, 0) is 30.3 Å². The van der Waals surface area contributed by atoms with Gasteiger partial charge in [0.05, 0.1) is 18.1 Å². The second kappa shape index (κ2) is 6.93. The fourth-order valence-electron chi connectivity index (χ4n) is 2.12. The zero-order valence-electron chi connectivity index (χ0n) is 13.3. The number of anilines is 2. The molecule has 8 nitrogen and oxygen atoms in total. The Labute approximate surface area is 147 Å². The average Bonchev–Trinajstić information content (AvgIpc) is 3.13. The predicted octanol–water partition coefficient (Wildman–Crippen LogP) is 3.13. The van der Waals surface area contributed by atoms with Crippen molar-refractivity contribution in [3.8, 4) is 17.6 Å². The summed E-state index contributed by atoms with van der Waals surface area (Å²) in [4.78, 5) is 16.6. The first-order valence-electron chi connectivity index (χ1n) is 7.62. The molecular formula is C17H12FN7O. The minimum absolute atomic E-state index is 0.327. The Kier molecular flexibility index (Phi) is 4.17. The molecule has 4 rings (SSSR count). The molecular weight excluding hydrogens is 337 g/mol. The van der Waals surface area contributed by atoms with Crippen molar-refractivity contribution in [3.63, 3.8) is 0 Å². The SMILES string of the molecule is Fc1ccc(Oc2ccnc(Nc3cnn(-c4ncccn4)c3)n2)cc1. The van der Waals surface area contributed by atoms with E-state index in [1.54, 1.807) is 43.1 Å². The zero-order chi connectivity index (χ0) is 17.8. The molecule has 0 aliphatic carbocycles. The molecule has 26 heavy (non-hydrogen) atoms. The van der Waals surface area contributed by atoms with Gasteiger partial charge in [-0.3, -0.25) is 0 Å². The summed E-state index contributed by atoms with van der Waals surface area (Å²) in [5, 5.41) is 7.22. The Morgan fingerprint density at radius 1 is 0.962 bits per heavy atom. The Morgan fingerprint density at radius 2 is 1.77 bits per heavy atom. The minimum Gasteiger partial charge on any atom is -0.439 e. The maximum atomic E-state index is 12.9. The quantitative estimate of drug-likeness (QED) is 0.592. The second-order valence-corrected chi connectivity index (χ2v) is 5.12. The van der Waals surface area contributed by atoms with Gasteiger partial charge in [-0.15, -0.1) is 0 Å². The van der Waals surface area contributed by atoms with Gasteiger partial charge in [0.2, 0.25) is 17.8 Å². The van der Waals surface area contributed by atoms with E-state index >= 15 is 0 Å². The summed E-state index contributed by atoms with van der Waals surface area (Å²) in [6.45, 7) is 0. The van der Waals surface area contributed by atoms with Crippen LogP contribution in [-0.4, -0.2) is 29.7 Å². The maximum absolute atomic E-state index is 12.9. The first-order chi connectivity index (χ1) is 12.8. The van der Waals surface area contributed by atoms with Crippen LogP contribution >= 0.6 is 0 Å². The van der Waals surface area contributed by atoms with Crippen LogP contribution in [0.2, 0.25) is 0 Å². The van der Waals surface area contributed by atoms with Crippen LogP contribution in [0.5, 0.6) is 11.6 Å². The van der Waals surface area contributed by atoms with Gasteiger partial charge in [-0.2, -0.15) is 10.1 Å². The number of nitrogens with one attached hydrogen (secondary N) is 1. The van der Waals surface area contributed by atoms with Crippen LogP contribution in [0.4, 0.5) is 16.0 Å². The first-order valence-corrected chi connectivity index (χ1v) is 7.62. The highest BCUT2D eigenvalue weighted by atomic mass is 19.1. The lowest BCUT2D eigenvalue weighted by atomic mass is 10.3. The van der Waals surface area contributed by atoms with Gasteiger partial charge < -0.3 is 10.1 Å². The zero-order valence-corrected chi connectivity index (χ0v) is 13.3. The molecule has 4 aromatic rings. The third-order valence-corrected chi connectivity index (χ3v) is 3.26. The molecule has 0 spiro atoms. The van der Waals surface area contributed by atoms with E-state index in [2.05, 4.69) is 30.4 Å². The highest BCUT2D eigenvalue weighted by molar-refractivity contribution is 5.51. The Balaban J connectivity index is 1.49. The molecule has 3 heterocycles. The lowest BCUT2D eigenvalue weighted by molar-refractivity contribution is 0.461. The summed E-state index contributed by atoms with van der Waals surface area (Å²) in [6.07, 6.45) is 8.14. The van der Waals surface area contributed by atoms with Crippen molar-refractivity contribution in [3.05, 3.63) is 73.2 Å². The molecule has 0 radical (unpaired) electrons. The van der Waals surface area contributed by atoms with E-state index in [9.17, 15) is 4.39 Å². The van der Waals surface area contributed by atoms with E-state index in [0.717, 1.165) is 0 Å². The standard InChI is InChI=1S/C17H12FN7O/c18-12-2-4-14(5-3-12)26-15-6-9-19-16(24-15)23-13-10-22-25(11-13)17-20-7-1-8-21-17/h1-11H,(H,19,23,24). The molecule has 0 aliphatic heterocycles. The minimum atomic E-state index is -0.332. The number of halogens is 1. The Hall–Kier alpha value is -3.88. The van der Waals surface area contributed by atoms with Crippen LogP contribution in [0, 0.1) is 5.82 Å². The van der Waals surface area contributed by atoms with Crippen LogP contribution in [0.1, 0.15) is 0 Å². The van der Waals surface area contributed by atoms with E-state index in [1.165, 1.54) is 28.9 Å². The lowest BCUT2D eigenvalue weighted by Gasteiger charge is -2.06. The van der Waals surface area contributed by atoms with E-state index in [-0.39, 0.29) is 5.82 Å². The van der Waals surface area contributed by atoms with Crippen molar-refractivity contribution in [2.45, 2.75) is 0 Å². The normalized spacial score (nSPS) is 10.5. The number of benzene rings is 1. The van der Waals surface area contributed by atoms with Gasteiger partial charge in [0.15, 0.2) is 0 Å². The fourth-order valence-corrected chi connectivity index (χ4v) is 2.12. The number of aromatic nitrogens is 6. The molecule has 0 fully saturated rings. The third kappa shape index (κ3) is 3.61. The molecule has 1 aromatic carbocycles. The highest BCUT2D eigenvalue weighted by Crippen LogP contribution is 2.21. The van der Waals surface area contributed by atoms with Gasteiger partial charge in [0.25, 0.3) is 0 Å². The fraction of sp³-hybridized carbons (Fsp3) is 0.